The van der Waals surface area contributed by atoms with E-state index in [2.05, 4.69) is 29.4 Å². The molecule has 0 bridgehead atoms. The fourth-order valence-electron chi connectivity index (χ4n) is 5.69. The standard InChI is InChI=1S/C35H40N4O5/c1-4-38(5-2)21-22-44-28-17-19-39(20-18-28)34(41)25-11-14-27(15-12-25)36-32(24-9-7-6-8-10-24)31-29-16-13-26(35(42)43-3)23-30(29)37-33(31)40/h6-16,23,28,36H,4-5,17-22H2,1-3H3,(H,37,40)/b32-31-. The summed E-state index contributed by atoms with van der Waals surface area (Å²) >= 11 is 0. The number of ether oxygens (including phenoxy) is 2. The van der Waals surface area contributed by atoms with Crippen molar-refractivity contribution in [1.82, 2.24) is 9.80 Å². The highest BCUT2D eigenvalue weighted by atomic mass is 16.5. The number of nitrogens with one attached hydrogen (secondary N) is 2. The van der Waals surface area contributed by atoms with Gasteiger partial charge in [-0.1, -0.05) is 50.2 Å². The first-order valence-electron chi connectivity index (χ1n) is 15.3. The number of hydrogen-bond acceptors (Lipinski definition) is 7. The molecule has 0 atom stereocenters. The number of nitrogens with zero attached hydrogens (tertiary/aromatic N) is 2. The van der Waals surface area contributed by atoms with Crippen LogP contribution >= 0.6 is 0 Å². The maximum Gasteiger partial charge on any atom is 0.337 e. The fourth-order valence-corrected chi connectivity index (χ4v) is 5.69. The van der Waals surface area contributed by atoms with Gasteiger partial charge in [-0.2, -0.15) is 0 Å². The Morgan fingerprint density at radius 1 is 0.932 bits per heavy atom. The predicted molar refractivity (Wildman–Crippen MR) is 172 cm³/mol. The van der Waals surface area contributed by atoms with Crippen LogP contribution in [0.25, 0.3) is 11.3 Å². The number of amides is 2. The molecule has 3 aromatic rings. The molecule has 3 aromatic carbocycles. The summed E-state index contributed by atoms with van der Waals surface area (Å²) in [5.74, 6) is -0.745. The minimum atomic E-state index is -0.473. The molecule has 2 N–H and O–H groups in total. The number of likely N-dealkylation sites (N-methyl/N-ethyl adjacent to an activating group) is 1. The van der Waals surface area contributed by atoms with Gasteiger partial charge < -0.3 is 29.9 Å². The van der Waals surface area contributed by atoms with Crippen molar-refractivity contribution >= 4 is 40.4 Å². The smallest absolute Gasteiger partial charge is 0.337 e. The number of anilines is 2. The molecule has 0 saturated carbocycles. The zero-order chi connectivity index (χ0) is 31.1. The zero-order valence-electron chi connectivity index (χ0n) is 25.6. The van der Waals surface area contributed by atoms with Crippen molar-refractivity contribution in [3.8, 4) is 0 Å². The van der Waals surface area contributed by atoms with Crippen LogP contribution in [0.4, 0.5) is 11.4 Å². The molecule has 2 heterocycles. The Balaban J connectivity index is 1.29. The Kier molecular flexibility index (Phi) is 10.1. The van der Waals surface area contributed by atoms with Gasteiger partial charge in [-0.15, -0.1) is 0 Å². The summed E-state index contributed by atoms with van der Waals surface area (Å²) in [6.45, 7) is 9.36. The van der Waals surface area contributed by atoms with Crippen molar-refractivity contribution in [2.75, 3.05) is 57.1 Å². The van der Waals surface area contributed by atoms with Crippen LogP contribution in [0, 0.1) is 0 Å². The molecule has 2 aliphatic heterocycles. The first-order valence-corrected chi connectivity index (χ1v) is 15.3. The van der Waals surface area contributed by atoms with E-state index in [9.17, 15) is 14.4 Å². The monoisotopic (exact) mass is 596 g/mol. The maximum atomic E-state index is 13.3. The number of likely N-dealkylation sites (tertiary alicyclic amines) is 1. The molecule has 230 valence electrons. The van der Waals surface area contributed by atoms with Crippen molar-refractivity contribution in [3.63, 3.8) is 0 Å². The molecule has 2 aliphatic rings. The Bertz CT molecular complexity index is 1510. The van der Waals surface area contributed by atoms with Gasteiger partial charge in [-0.3, -0.25) is 9.59 Å². The van der Waals surface area contributed by atoms with Crippen molar-refractivity contribution in [3.05, 3.63) is 95.1 Å². The molecule has 1 saturated heterocycles. The molecule has 0 radical (unpaired) electrons. The van der Waals surface area contributed by atoms with E-state index < -0.39 is 5.97 Å². The molecular weight excluding hydrogens is 556 g/mol. The second-order valence-corrected chi connectivity index (χ2v) is 10.9. The SMILES string of the molecule is CCN(CC)CCOC1CCN(C(=O)c2ccc(N/C(=C3\C(=O)Nc4cc(C(=O)OC)ccc43)c3ccccc3)cc2)CC1. The van der Waals surface area contributed by atoms with E-state index in [4.69, 9.17) is 9.47 Å². The van der Waals surface area contributed by atoms with Crippen molar-refractivity contribution < 1.29 is 23.9 Å². The number of piperidine rings is 1. The Labute approximate surface area is 258 Å². The molecule has 2 amide bonds. The van der Waals surface area contributed by atoms with Crippen molar-refractivity contribution in [2.45, 2.75) is 32.8 Å². The van der Waals surface area contributed by atoms with Gasteiger partial charge in [0.25, 0.3) is 11.8 Å². The Hall–Kier alpha value is -4.47. The van der Waals surface area contributed by atoms with Gasteiger partial charge in [0.05, 0.1) is 42.3 Å². The molecular formula is C35H40N4O5. The van der Waals surface area contributed by atoms with Crippen LogP contribution < -0.4 is 10.6 Å². The normalized spacial score (nSPS) is 16.0. The topological polar surface area (TPSA) is 100 Å². The highest BCUT2D eigenvalue weighted by molar-refractivity contribution is 6.37. The van der Waals surface area contributed by atoms with Gasteiger partial charge in [0.15, 0.2) is 0 Å². The summed E-state index contributed by atoms with van der Waals surface area (Å²) in [5.41, 5.74) is 4.84. The number of hydrogen-bond donors (Lipinski definition) is 2. The van der Waals surface area contributed by atoms with Crippen molar-refractivity contribution in [2.24, 2.45) is 0 Å². The van der Waals surface area contributed by atoms with Crippen LogP contribution in [0.3, 0.4) is 0 Å². The molecule has 9 heteroatoms. The summed E-state index contributed by atoms with van der Waals surface area (Å²) in [6, 6.07) is 22.0. The second-order valence-electron chi connectivity index (χ2n) is 10.9. The van der Waals surface area contributed by atoms with E-state index in [1.54, 1.807) is 18.2 Å². The van der Waals surface area contributed by atoms with Crippen LogP contribution in [0.2, 0.25) is 0 Å². The Morgan fingerprint density at radius 3 is 2.27 bits per heavy atom. The lowest BCUT2D eigenvalue weighted by atomic mass is 9.99. The molecule has 0 unspecified atom stereocenters. The van der Waals surface area contributed by atoms with E-state index in [0.29, 0.717) is 46.7 Å². The lowest BCUT2D eigenvalue weighted by Crippen LogP contribution is -2.41. The molecule has 44 heavy (non-hydrogen) atoms. The summed E-state index contributed by atoms with van der Waals surface area (Å²) < 4.78 is 10.9. The van der Waals surface area contributed by atoms with Gasteiger partial charge >= 0.3 is 5.97 Å². The van der Waals surface area contributed by atoms with Crippen LogP contribution in [-0.4, -0.2) is 80.1 Å². The number of fused-ring (bicyclic) bond motifs is 1. The number of benzene rings is 3. The van der Waals surface area contributed by atoms with Crippen LogP contribution in [0.5, 0.6) is 0 Å². The van der Waals surface area contributed by atoms with Crippen LogP contribution in [0.1, 0.15) is 58.5 Å². The summed E-state index contributed by atoms with van der Waals surface area (Å²) in [5, 5.41) is 6.31. The van der Waals surface area contributed by atoms with Crippen LogP contribution in [-0.2, 0) is 14.3 Å². The van der Waals surface area contributed by atoms with E-state index in [0.717, 1.165) is 50.3 Å². The van der Waals surface area contributed by atoms with Gasteiger partial charge in [-0.25, -0.2) is 4.79 Å². The van der Waals surface area contributed by atoms with Crippen molar-refractivity contribution in [1.29, 1.82) is 0 Å². The number of rotatable bonds is 11. The van der Waals surface area contributed by atoms with Gasteiger partial charge in [0, 0.05) is 36.4 Å². The zero-order valence-corrected chi connectivity index (χ0v) is 25.6. The van der Waals surface area contributed by atoms with Crippen LogP contribution in [0.15, 0.2) is 72.8 Å². The number of methoxy groups -OCH3 is 1. The second kappa shape index (κ2) is 14.3. The van der Waals surface area contributed by atoms with Gasteiger partial charge in [0.1, 0.15) is 0 Å². The van der Waals surface area contributed by atoms with Gasteiger partial charge in [0.2, 0.25) is 0 Å². The third-order valence-corrected chi connectivity index (χ3v) is 8.28. The summed E-state index contributed by atoms with van der Waals surface area (Å²) in [7, 11) is 1.32. The maximum absolute atomic E-state index is 13.3. The Morgan fingerprint density at radius 2 is 1.61 bits per heavy atom. The lowest BCUT2D eigenvalue weighted by Gasteiger charge is -2.32. The first kappa shape index (κ1) is 31.0. The first-order chi connectivity index (χ1) is 21.4. The highest BCUT2D eigenvalue weighted by Gasteiger charge is 2.30. The van der Waals surface area contributed by atoms with Gasteiger partial charge in [-0.05, 0) is 67.9 Å². The minimum absolute atomic E-state index is 0.00490. The lowest BCUT2D eigenvalue weighted by molar-refractivity contribution is -0.110. The molecule has 0 aliphatic carbocycles. The molecule has 0 aromatic heterocycles. The average molecular weight is 597 g/mol. The fraction of sp³-hybridized carbons (Fsp3) is 0.343. The summed E-state index contributed by atoms with van der Waals surface area (Å²) in [4.78, 5) is 42.8. The molecule has 1 fully saturated rings. The molecule has 0 spiro atoms. The quantitative estimate of drug-likeness (QED) is 0.227. The van der Waals surface area contributed by atoms with E-state index >= 15 is 0 Å². The minimum Gasteiger partial charge on any atom is -0.465 e. The summed E-state index contributed by atoms with van der Waals surface area (Å²) in [6.07, 6.45) is 1.86. The predicted octanol–water partition coefficient (Wildman–Crippen LogP) is 5.37. The number of esters is 1. The van der Waals surface area contributed by atoms with E-state index in [1.165, 1.54) is 7.11 Å². The third-order valence-electron chi connectivity index (χ3n) is 8.28. The molecule has 9 nitrogen and oxygen atoms in total. The molecule has 5 rings (SSSR count). The van der Waals surface area contributed by atoms with E-state index in [1.807, 2.05) is 59.5 Å². The van der Waals surface area contributed by atoms with E-state index in [-0.39, 0.29) is 17.9 Å². The average Bonchev–Trinajstić information content (AvgIpc) is 3.40. The highest BCUT2D eigenvalue weighted by Crippen LogP contribution is 2.38. The number of carbonyl (C=O) groups is 3. The third kappa shape index (κ3) is 7.01. The number of carbonyl (C=O) groups excluding carboxylic acids is 3. The largest absolute Gasteiger partial charge is 0.465 e.